The van der Waals surface area contributed by atoms with Crippen LogP contribution in [0.15, 0.2) is 10.3 Å². The van der Waals surface area contributed by atoms with Crippen LogP contribution in [0.3, 0.4) is 0 Å². The van der Waals surface area contributed by atoms with Gasteiger partial charge in [-0.15, -0.1) is 0 Å². The van der Waals surface area contributed by atoms with Crippen molar-refractivity contribution >= 4 is 51.1 Å². The monoisotopic (exact) mass is 243 g/mol. The molecule has 6 heteroatoms. The average molecular weight is 243 g/mol. The Balaban J connectivity index is 2.23. The largest absolute Gasteiger partial charge is 0.330 e. The van der Waals surface area contributed by atoms with E-state index in [1.54, 1.807) is 0 Å². The van der Waals surface area contributed by atoms with Gasteiger partial charge in [-0.1, -0.05) is 10.8 Å². The van der Waals surface area contributed by atoms with Gasteiger partial charge in [0.1, 0.15) is 0 Å². The molecule has 0 saturated carbocycles. The third-order valence-corrected chi connectivity index (χ3v) is 9.39. The quantitative estimate of drug-likeness (QED) is 0.755. The van der Waals surface area contributed by atoms with Crippen molar-refractivity contribution in [3.8, 4) is 0 Å². The van der Waals surface area contributed by atoms with E-state index < -0.39 is 0 Å². The zero-order chi connectivity index (χ0) is 7.94. The van der Waals surface area contributed by atoms with Crippen molar-refractivity contribution in [1.29, 1.82) is 0 Å². The van der Waals surface area contributed by atoms with Gasteiger partial charge in [0, 0.05) is 4.91 Å². The van der Waals surface area contributed by atoms with Gasteiger partial charge >= 0.3 is 0 Å². The summed E-state index contributed by atoms with van der Waals surface area (Å²) in [5.74, 6) is 0. The van der Waals surface area contributed by atoms with Gasteiger partial charge in [0.05, 0.1) is 0 Å². The van der Waals surface area contributed by atoms with Gasteiger partial charge in [-0.25, -0.2) is 0 Å². The van der Waals surface area contributed by atoms with Gasteiger partial charge in [-0.3, -0.25) is 0 Å². The van der Waals surface area contributed by atoms with Crippen LogP contribution >= 0.6 is 51.1 Å². The molecule has 1 aliphatic heterocycles. The molecule has 0 saturated heterocycles. The van der Waals surface area contributed by atoms with Gasteiger partial charge in [0.15, 0.2) is 0 Å². The summed E-state index contributed by atoms with van der Waals surface area (Å²) in [5, 5.41) is 2.23. The molecule has 0 radical (unpaired) electrons. The van der Waals surface area contributed by atoms with Crippen LogP contribution in [0, 0.1) is 0 Å². The van der Waals surface area contributed by atoms with Crippen LogP contribution in [0.1, 0.15) is 12.8 Å². The lowest BCUT2D eigenvalue weighted by Gasteiger charge is -1.99. The molecular weight excluding hydrogens is 234 g/mol. The minimum absolute atomic E-state index is 0.799. The van der Waals surface area contributed by atoms with Gasteiger partial charge in [0.2, 0.25) is 0 Å². The van der Waals surface area contributed by atoms with Gasteiger partial charge in [0.25, 0.3) is 0 Å². The van der Waals surface area contributed by atoms with E-state index in [0.717, 1.165) is 19.4 Å². The number of rotatable bonds is 3. The first-order valence-electron chi connectivity index (χ1n) is 3.16. The summed E-state index contributed by atoms with van der Waals surface area (Å²) < 4.78 is 0. The van der Waals surface area contributed by atoms with E-state index in [4.69, 9.17) is 5.73 Å². The lowest BCUT2D eigenvalue weighted by atomic mass is 10.3. The molecule has 64 valence electrons. The zero-order valence-electron chi connectivity index (χ0n) is 5.82. The molecule has 1 nitrogen and oxygen atoms in total. The highest BCUT2D eigenvalue weighted by Gasteiger charge is 2.04. The highest BCUT2D eigenvalue weighted by molar-refractivity contribution is 9.36. The Labute approximate surface area is 86.1 Å². The standard InChI is InChI=1S/C5H9NS5/c6-3-1-2-5-4-7-9-11-10-8-5/h4H,1-3,6H2. The highest BCUT2D eigenvalue weighted by Crippen LogP contribution is 2.55. The SMILES string of the molecule is NCCCC1=CSSSSS1. The molecule has 11 heavy (non-hydrogen) atoms. The van der Waals surface area contributed by atoms with Crippen LogP contribution in [-0.4, -0.2) is 6.54 Å². The predicted octanol–water partition coefficient (Wildman–Crippen LogP) is 3.91. The molecule has 0 fully saturated rings. The first-order chi connectivity index (χ1) is 5.43. The maximum Gasteiger partial charge on any atom is 0.00389 e. The van der Waals surface area contributed by atoms with Crippen LogP contribution in [0.5, 0.6) is 0 Å². The molecule has 0 aromatic carbocycles. The van der Waals surface area contributed by atoms with Crippen LogP contribution in [0.4, 0.5) is 0 Å². The summed E-state index contributed by atoms with van der Waals surface area (Å²) in [4.78, 5) is 1.46. The summed E-state index contributed by atoms with van der Waals surface area (Å²) in [7, 11) is 9.17. The Morgan fingerprint density at radius 2 is 2.18 bits per heavy atom. The smallest absolute Gasteiger partial charge is 0.00389 e. The Hall–Kier alpha value is 1.45. The fourth-order valence-electron chi connectivity index (χ4n) is 0.555. The average Bonchev–Trinajstić information content (AvgIpc) is 2.28. The van der Waals surface area contributed by atoms with Gasteiger partial charge < -0.3 is 5.73 Å². The Morgan fingerprint density at radius 3 is 3.00 bits per heavy atom. The maximum atomic E-state index is 5.42. The normalized spacial score (nSPS) is 19.2. The topological polar surface area (TPSA) is 26.0 Å². The van der Waals surface area contributed by atoms with E-state index in [1.807, 2.05) is 51.1 Å². The van der Waals surface area contributed by atoms with Crippen molar-refractivity contribution < 1.29 is 0 Å². The summed E-state index contributed by atoms with van der Waals surface area (Å²) in [5.41, 5.74) is 5.42. The number of nitrogens with two attached hydrogens (primary N) is 1. The minimum atomic E-state index is 0.799. The van der Waals surface area contributed by atoms with E-state index in [1.165, 1.54) is 4.91 Å². The summed E-state index contributed by atoms with van der Waals surface area (Å²) in [6, 6.07) is 0. The minimum Gasteiger partial charge on any atom is -0.330 e. The van der Waals surface area contributed by atoms with Gasteiger partial charge in [-0.05, 0) is 65.1 Å². The third kappa shape index (κ3) is 4.90. The molecule has 0 atom stereocenters. The molecule has 2 N–H and O–H groups in total. The Morgan fingerprint density at radius 1 is 1.27 bits per heavy atom. The summed E-state index contributed by atoms with van der Waals surface area (Å²) in [6.45, 7) is 0.799. The molecule has 0 amide bonds. The molecule has 1 aliphatic rings. The second kappa shape index (κ2) is 6.91. The molecule has 1 rings (SSSR count). The molecule has 0 aromatic rings. The van der Waals surface area contributed by atoms with Crippen molar-refractivity contribution in [2.45, 2.75) is 12.8 Å². The van der Waals surface area contributed by atoms with E-state index >= 15 is 0 Å². The molecule has 1 heterocycles. The number of hydrogen-bond acceptors (Lipinski definition) is 6. The Bertz CT molecular complexity index is 137. The van der Waals surface area contributed by atoms with Crippen molar-refractivity contribution in [3.63, 3.8) is 0 Å². The van der Waals surface area contributed by atoms with Crippen LogP contribution < -0.4 is 5.73 Å². The molecule has 0 aromatic heterocycles. The number of allylic oxidation sites excluding steroid dienone is 1. The van der Waals surface area contributed by atoms with Crippen LogP contribution in [0.2, 0.25) is 0 Å². The van der Waals surface area contributed by atoms with E-state index in [0.29, 0.717) is 0 Å². The summed E-state index contributed by atoms with van der Waals surface area (Å²) >= 11 is 0. The predicted molar refractivity (Wildman–Crippen MR) is 64.3 cm³/mol. The van der Waals surface area contributed by atoms with Crippen molar-refractivity contribution in [2.75, 3.05) is 6.54 Å². The van der Waals surface area contributed by atoms with Crippen LogP contribution in [0.25, 0.3) is 0 Å². The fraction of sp³-hybridized carbons (Fsp3) is 0.600. The third-order valence-electron chi connectivity index (χ3n) is 1.04. The molecule has 0 aliphatic carbocycles. The zero-order valence-corrected chi connectivity index (χ0v) is 9.90. The molecule has 0 bridgehead atoms. The second-order valence-corrected chi connectivity index (χ2v) is 9.36. The molecule has 0 unspecified atom stereocenters. The fourth-order valence-corrected chi connectivity index (χ4v) is 9.23. The van der Waals surface area contributed by atoms with E-state index in [-0.39, 0.29) is 0 Å². The summed E-state index contributed by atoms with van der Waals surface area (Å²) in [6.07, 6.45) is 2.25. The molecule has 0 spiro atoms. The van der Waals surface area contributed by atoms with Crippen molar-refractivity contribution in [3.05, 3.63) is 10.3 Å². The van der Waals surface area contributed by atoms with Crippen molar-refractivity contribution in [1.82, 2.24) is 0 Å². The Kier molecular flexibility index (Phi) is 6.62. The van der Waals surface area contributed by atoms with Crippen molar-refractivity contribution in [2.24, 2.45) is 5.73 Å². The van der Waals surface area contributed by atoms with E-state index in [9.17, 15) is 0 Å². The first-order valence-corrected chi connectivity index (χ1v) is 9.37. The van der Waals surface area contributed by atoms with E-state index in [2.05, 4.69) is 5.41 Å². The molecular formula is C5H9NS5. The lowest BCUT2D eigenvalue weighted by Crippen LogP contribution is -1.97. The van der Waals surface area contributed by atoms with Crippen LogP contribution in [-0.2, 0) is 0 Å². The number of hydrogen-bond donors (Lipinski definition) is 1. The maximum absolute atomic E-state index is 5.42. The second-order valence-electron chi connectivity index (χ2n) is 1.86. The highest BCUT2D eigenvalue weighted by atomic mass is 33.8. The lowest BCUT2D eigenvalue weighted by molar-refractivity contribution is 0.850. The van der Waals surface area contributed by atoms with Gasteiger partial charge in [-0.2, -0.15) is 0 Å². The first kappa shape index (κ1) is 10.5.